The molecule has 0 aliphatic heterocycles. The Morgan fingerprint density at radius 1 is 1.27 bits per heavy atom. The van der Waals surface area contributed by atoms with Gasteiger partial charge in [0.25, 0.3) is 0 Å². The first-order valence-corrected chi connectivity index (χ1v) is 4.64. The molecule has 0 amide bonds. The summed E-state index contributed by atoms with van der Waals surface area (Å²) in [7, 11) is 0. The third-order valence-corrected chi connectivity index (χ3v) is 1.94. The third-order valence-electron chi connectivity index (χ3n) is 1.94. The molecule has 0 heterocycles. The minimum absolute atomic E-state index is 0.361. The fourth-order valence-electron chi connectivity index (χ4n) is 0.904. The monoisotopic (exact) mass is 158 g/mol. The second kappa shape index (κ2) is 6.62. The van der Waals surface area contributed by atoms with E-state index in [-0.39, 0.29) is 0 Å². The summed E-state index contributed by atoms with van der Waals surface area (Å²) >= 11 is 0. The lowest BCUT2D eigenvalue weighted by Gasteiger charge is -2.15. The van der Waals surface area contributed by atoms with Gasteiger partial charge in [0.15, 0.2) is 0 Å². The summed E-state index contributed by atoms with van der Waals surface area (Å²) in [5, 5.41) is 3.34. The van der Waals surface area contributed by atoms with Crippen molar-refractivity contribution >= 4 is 0 Å². The highest BCUT2D eigenvalue weighted by atomic mass is 14.8. The van der Waals surface area contributed by atoms with Gasteiger partial charge in [0.2, 0.25) is 0 Å². The fourth-order valence-corrected chi connectivity index (χ4v) is 0.904. The van der Waals surface area contributed by atoms with Gasteiger partial charge in [0.05, 0.1) is 0 Å². The Labute approximate surface area is 70.5 Å². The van der Waals surface area contributed by atoms with Gasteiger partial charge in [-0.1, -0.05) is 20.8 Å². The van der Waals surface area contributed by atoms with E-state index in [4.69, 9.17) is 5.73 Å². The largest absolute Gasteiger partial charge is 0.327 e. The van der Waals surface area contributed by atoms with Crippen LogP contribution in [0.1, 0.15) is 33.6 Å². The van der Waals surface area contributed by atoms with Crippen LogP contribution in [0.5, 0.6) is 0 Å². The highest BCUT2D eigenvalue weighted by Crippen LogP contribution is 2.00. The van der Waals surface area contributed by atoms with E-state index in [0.717, 1.165) is 19.5 Å². The van der Waals surface area contributed by atoms with E-state index in [2.05, 4.69) is 26.1 Å². The van der Waals surface area contributed by atoms with Crippen LogP contribution in [-0.2, 0) is 0 Å². The summed E-state index contributed by atoms with van der Waals surface area (Å²) in [5.74, 6) is 0.610. The Morgan fingerprint density at radius 2 is 1.91 bits per heavy atom. The SMILES string of the molecule is CCCNCCC(N)C(C)C. The Kier molecular flexibility index (Phi) is 6.57. The first kappa shape index (κ1) is 10.9. The Balaban J connectivity index is 3.10. The van der Waals surface area contributed by atoms with E-state index in [1.54, 1.807) is 0 Å². The summed E-state index contributed by atoms with van der Waals surface area (Å²) in [5.41, 5.74) is 5.86. The van der Waals surface area contributed by atoms with Gasteiger partial charge in [-0.15, -0.1) is 0 Å². The molecule has 0 saturated heterocycles. The van der Waals surface area contributed by atoms with E-state index in [1.165, 1.54) is 6.42 Å². The molecule has 11 heavy (non-hydrogen) atoms. The van der Waals surface area contributed by atoms with Crippen molar-refractivity contribution in [3.63, 3.8) is 0 Å². The van der Waals surface area contributed by atoms with Crippen LogP contribution in [0.3, 0.4) is 0 Å². The summed E-state index contributed by atoms with van der Waals surface area (Å²) < 4.78 is 0. The molecule has 0 radical (unpaired) electrons. The normalized spacial score (nSPS) is 13.9. The van der Waals surface area contributed by atoms with Crippen LogP contribution >= 0.6 is 0 Å². The van der Waals surface area contributed by atoms with Crippen molar-refractivity contribution in [3.8, 4) is 0 Å². The number of rotatable bonds is 6. The Morgan fingerprint density at radius 3 is 2.36 bits per heavy atom. The van der Waals surface area contributed by atoms with Gasteiger partial charge < -0.3 is 11.1 Å². The van der Waals surface area contributed by atoms with Gasteiger partial charge >= 0.3 is 0 Å². The molecule has 0 spiro atoms. The average molecular weight is 158 g/mol. The zero-order chi connectivity index (χ0) is 8.69. The predicted octanol–water partition coefficient (Wildman–Crippen LogP) is 1.36. The van der Waals surface area contributed by atoms with Crippen molar-refractivity contribution in [2.24, 2.45) is 11.7 Å². The van der Waals surface area contributed by atoms with Crippen molar-refractivity contribution in [1.82, 2.24) is 5.32 Å². The Bertz CT molecular complexity index is 81.6. The quantitative estimate of drug-likeness (QED) is 0.573. The third kappa shape index (κ3) is 6.32. The summed E-state index contributed by atoms with van der Waals surface area (Å²) in [6.07, 6.45) is 2.30. The first-order chi connectivity index (χ1) is 5.18. The predicted molar refractivity (Wildman–Crippen MR) is 50.6 cm³/mol. The number of nitrogens with one attached hydrogen (secondary N) is 1. The molecule has 2 heteroatoms. The summed E-state index contributed by atoms with van der Waals surface area (Å²) in [6.45, 7) is 8.70. The molecule has 3 N–H and O–H groups in total. The second-order valence-electron chi connectivity index (χ2n) is 3.45. The van der Waals surface area contributed by atoms with Gasteiger partial charge in [-0.3, -0.25) is 0 Å². The highest BCUT2D eigenvalue weighted by Gasteiger charge is 2.05. The number of hydrogen-bond donors (Lipinski definition) is 2. The van der Waals surface area contributed by atoms with E-state index < -0.39 is 0 Å². The molecule has 0 fully saturated rings. The van der Waals surface area contributed by atoms with Crippen LogP contribution in [0.2, 0.25) is 0 Å². The van der Waals surface area contributed by atoms with E-state index in [1.807, 2.05) is 0 Å². The minimum Gasteiger partial charge on any atom is -0.327 e. The maximum atomic E-state index is 5.86. The average Bonchev–Trinajstić information content (AvgIpc) is 1.97. The zero-order valence-electron chi connectivity index (χ0n) is 8.06. The molecule has 0 bridgehead atoms. The molecule has 0 rings (SSSR count). The minimum atomic E-state index is 0.361. The van der Waals surface area contributed by atoms with Crippen molar-refractivity contribution in [3.05, 3.63) is 0 Å². The highest BCUT2D eigenvalue weighted by molar-refractivity contribution is 4.66. The lowest BCUT2D eigenvalue weighted by molar-refractivity contribution is 0.450. The first-order valence-electron chi connectivity index (χ1n) is 4.64. The summed E-state index contributed by atoms with van der Waals surface area (Å²) in [4.78, 5) is 0. The van der Waals surface area contributed by atoms with Crippen LogP contribution in [-0.4, -0.2) is 19.1 Å². The van der Waals surface area contributed by atoms with Crippen LogP contribution in [0.15, 0.2) is 0 Å². The van der Waals surface area contributed by atoms with Gasteiger partial charge in [-0.05, 0) is 31.8 Å². The van der Waals surface area contributed by atoms with Crippen LogP contribution in [0.25, 0.3) is 0 Å². The van der Waals surface area contributed by atoms with Crippen molar-refractivity contribution in [2.45, 2.75) is 39.7 Å². The molecule has 68 valence electrons. The molecular formula is C9H22N2. The topological polar surface area (TPSA) is 38.0 Å². The van der Waals surface area contributed by atoms with Gasteiger partial charge in [0, 0.05) is 6.04 Å². The number of nitrogens with two attached hydrogens (primary N) is 1. The maximum Gasteiger partial charge on any atom is 0.00739 e. The molecule has 0 aromatic carbocycles. The second-order valence-corrected chi connectivity index (χ2v) is 3.45. The van der Waals surface area contributed by atoms with Crippen molar-refractivity contribution in [1.29, 1.82) is 0 Å². The van der Waals surface area contributed by atoms with Gasteiger partial charge in [0.1, 0.15) is 0 Å². The van der Waals surface area contributed by atoms with E-state index in [9.17, 15) is 0 Å². The van der Waals surface area contributed by atoms with E-state index >= 15 is 0 Å². The molecule has 0 aliphatic carbocycles. The molecule has 0 saturated carbocycles. The molecule has 0 aromatic heterocycles. The molecule has 1 unspecified atom stereocenters. The maximum absolute atomic E-state index is 5.86. The number of hydrogen-bond acceptors (Lipinski definition) is 2. The van der Waals surface area contributed by atoms with Crippen molar-refractivity contribution < 1.29 is 0 Å². The molecule has 0 aliphatic rings. The zero-order valence-corrected chi connectivity index (χ0v) is 8.06. The Hall–Kier alpha value is -0.0800. The lowest BCUT2D eigenvalue weighted by atomic mass is 10.0. The molecular weight excluding hydrogens is 136 g/mol. The fraction of sp³-hybridized carbons (Fsp3) is 1.00. The van der Waals surface area contributed by atoms with Crippen LogP contribution in [0.4, 0.5) is 0 Å². The van der Waals surface area contributed by atoms with E-state index in [0.29, 0.717) is 12.0 Å². The van der Waals surface area contributed by atoms with Gasteiger partial charge in [-0.2, -0.15) is 0 Å². The van der Waals surface area contributed by atoms with Crippen LogP contribution < -0.4 is 11.1 Å². The molecule has 0 aromatic rings. The van der Waals surface area contributed by atoms with Gasteiger partial charge in [-0.25, -0.2) is 0 Å². The lowest BCUT2D eigenvalue weighted by Crippen LogP contribution is -2.31. The molecule has 1 atom stereocenters. The summed E-state index contributed by atoms with van der Waals surface area (Å²) in [6, 6.07) is 0.361. The molecule has 2 nitrogen and oxygen atoms in total. The smallest absolute Gasteiger partial charge is 0.00739 e. The standard InChI is InChI=1S/C9H22N2/c1-4-6-11-7-5-9(10)8(2)3/h8-9,11H,4-7,10H2,1-3H3. The van der Waals surface area contributed by atoms with Crippen molar-refractivity contribution in [2.75, 3.05) is 13.1 Å². The van der Waals surface area contributed by atoms with Crippen LogP contribution in [0, 0.1) is 5.92 Å².